The van der Waals surface area contributed by atoms with E-state index in [9.17, 15) is 8.78 Å². The first-order valence-corrected chi connectivity index (χ1v) is 6.21. The first-order chi connectivity index (χ1) is 8.13. The zero-order chi connectivity index (χ0) is 12.7. The Morgan fingerprint density at radius 3 is 2.61 bits per heavy atom. The lowest BCUT2D eigenvalue weighted by atomic mass is 10.1. The van der Waals surface area contributed by atoms with E-state index >= 15 is 0 Å². The van der Waals surface area contributed by atoms with Gasteiger partial charge in [-0.05, 0) is 31.4 Å². The van der Waals surface area contributed by atoms with E-state index in [1.807, 2.05) is 0 Å². The molecular weight excluding hydrogens is 280 g/mol. The summed E-state index contributed by atoms with van der Waals surface area (Å²) in [7, 11) is 0. The Kier molecular flexibility index (Phi) is 9.14. The summed E-state index contributed by atoms with van der Waals surface area (Å²) in [6, 6.07) is 3.38. The van der Waals surface area contributed by atoms with Crippen LogP contribution < -0.4 is 10.5 Å². The zero-order valence-electron chi connectivity index (χ0n) is 9.94. The Bertz CT molecular complexity index is 355. The third-order valence-corrected chi connectivity index (χ3v) is 2.82. The fraction of sp³-hybridized carbons (Fsp3) is 0.500. The fourth-order valence-corrected chi connectivity index (χ4v) is 1.56. The van der Waals surface area contributed by atoms with Gasteiger partial charge in [-0.2, -0.15) is 12.6 Å². The summed E-state index contributed by atoms with van der Waals surface area (Å²) in [5, 5.41) is 0. The first kappa shape index (κ1) is 17.5. The molecule has 2 N–H and O–H groups in total. The van der Waals surface area contributed by atoms with Crippen molar-refractivity contribution in [2.24, 2.45) is 5.73 Å². The van der Waals surface area contributed by atoms with Crippen molar-refractivity contribution in [3.05, 3.63) is 29.8 Å². The molecule has 0 radical (unpaired) electrons. The van der Waals surface area contributed by atoms with Gasteiger partial charge in [0.15, 0.2) is 11.6 Å². The maximum Gasteiger partial charge on any atom is 0.167 e. The zero-order valence-corrected chi connectivity index (χ0v) is 11.7. The van der Waals surface area contributed by atoms with Gasteiger partial charge in [-0.3, -0.25) is 0 Å². The van der Waals surface area contributed by atoms with Crippen LogP contribution in [0.4, 0.5) is 8.78 Å². The number of ether oxygens (including phenoxy) is 1. The van der Waals surface area contributed by atoms with E-state index in [4.69, 9.17) is 10.5 Å². The minimum Gasteiger partial charge on any atom is -0.491 e. The van der Waals surface area contributed by atoms with Crippen molar-refractivity contribution in [2.45, 2.75) is 25.3 Å². The van der Waals surface area contributed by atoms with Gasteiger partial charge in [0.2, 0.25) is 0 Å². The van der Waals surface area contributed by atoms with Gasteiger partial charge in [0.25, 0.3) is 0 Å². The molecule has 0 aromatic heterocycles. The third kappa shape index (κ3) is 6.42. The summed E-state index contributed by atoms with van der Waals surface area (Å²) in [6.07, 6.45) is 2.57. The highest BCUT2D eigenvalue weighted by atomic mass is 35.5. The number of unbranched alkanes of at least 4 members (excludes halogenated alkanes) is 1. The van der Waals surface area contributed by atoms with E-state index in [1.54, 1.807) is 0 Å². The molecule has 18 heavy (non-hydrogen) atoms. The van der Waals surface area contributed by atoms with Crippen LogP contribution in [0.3, 0.4) is 0 Å². The number of rotatable bonds is 7. The molecule has 0 saturated heterocycles. The van der Waals surface area contributed by atoms with Crippen molar-refractivity contribution >= 4 is 25.0 Å². The lowest BCUT2D eigenvalue weighted by Gasteiger charge is -2.09. The molecule has 0 heterocycles. The molecule has 0 aliphatic rings. The van der Waals surface area contributed by atoms with Crippen molar-refractivity contribution in [3.63, 3.8) is 0 Å². The number of thiol groups is 1. The van der Waals surface area contributed by atoms with E-state index in [2.05, 4.69) is 12.6 Å². The minimum absolute atomic E-state index is 0. The number of nitrogens with two attached hydrogens (primary N) is 1. The van der Waals surface area contributed by atoms with Crippen LogP contribution in [0.1, 0.15) is 19.3 Å². The predicted octanol–water partition coefficient (Wildman–Crippen LogP) is 3.19. The Labute approximate surface area is 118 Å². The summed E-state index contributed by atoms with van der Waals surface area (Å²) in [5.41, 5.74) is 5.69. The van der Waals surface area contributed by atoms with Crippen LogP contribution in [0.2, 0.25) is 0 Å². The lowest BCUT2D eigenvalue weighted by molar-refractivity contribution is 0.288. The van der Waals surface area contributed by atoms with Gasteiger partial charge < -0.3 is 10.5 Å². The molecule has 0 fully saturated rings. The molecule has 0 aliphatic carbocycles. The molecule has 1 aromatic carbocycles. The van der Waals surface area contributed by atoms with E-state index in [1.165, 1.54) is 12.1 Å². The molecule has 6 heteroatoms. The Morgan fingerprint density at radius 2 is 2.00 bits per heavy atom. The fourth-order valence-electron chi connectivity index (χ4n) is 1.37. The topological polar surface area (TPSA) is 35.2 Å². The number of benzene rings is 1. The Morgan fingerprint density at radius 1 is 1.28 bits per heavy atom. The largest absolute Gasteiger partial charge is 0.491 e. The highest BCUT2D eigenvalue weighted by Crippen LogP contribution is 2.17. The molecule has 0 saturated carbocycles. The maximum atomic E-state index is 13.1. The summed E-state index contributed by atoms with van der Waals surface area (Å²) in [5.74, 6) is -0.524. The van der Waals surface area contributed by atoms with Gasteiger partial charge in [-0.25, -0.2) is 8.78 Å². The van der Waals surface area contributed by atoms with E-state index in [-0.39, 0.29) is 24.2 Å². The Balaban J connectivity index is 0.00000289. The van der Waals surface area contributed by atoms with Crippen molar-refractivity contribution in [1.29, 1.82) is 0 Å². The summed E-state index contributed by atoms with van der Waals surface area (Å²) in [4.78, 5) is 0. The second-order valence-electron chi connectivity index (χ2n) is 3.86. The maximum absolute atomic E-state index is 13.1. The molecule has 0 aliphatic heterocycles. The van der Waals surface area contributed by atoms with Crippen LogP contribution >= 0.6 is 25.0 Å². The molecule has 104 valence electrons. The van der Waals surface area contributed by atoms with Crippen molar-refractivity contribution < 1.29 is 13.5 Å². The molecule has 2 nitrogen and oxygen atoms in total. The average molecular weight is 298 g/mol. The highest BCUT2D eigenvalue weighted by molar-refractivity contribution is 7.80. The second kappa shape index (κ2) is 9.42. The van der Waals surface area contributed by atoms with Crippen molar-refractivity contribution in [2.75, 3.05) is 12.4 Å². The molecule has 1 rings (SSSR count). The van der Waals surface area contributed by atoms with Crippen LogP contribution in [0.15, 0.2) is 18.2 Å². The minimum atomic E-state index is -0.669. The summed E-state index contributed by atoms with van der Waals surface area (Å²) in [6.45, 7) is 0.405. The standard InChI is InChI=1S/C12H17F2NOS.ClH/c13-9-4-5-12(11(14)7-9)16-6-2-1-3-10(15)8-17;/h4-5,7,10,17H,1-3,6,8,15H2;1H. The average Bonchev–Trinajstić information content (AvgIpc) is 2.30. The molecule has 0 amide bonds. The van der Waals surface area contributed by atoms with E-state index < -0.39 is 11.6 Å². The second-order valence-corrected chi connectivity index (χ2v) is 4.23. The number of halogens is 3. The summed E-state index contributed by atoms with van der Waals surface area (Å²) < 4.78 is 31.0. The van der Waals surface area contributed by atoms with Crippen LogP contribution in [0, 0.1) is 11.6 Å². The van der Waals surface area contributed by atoms with Gasteiger partial charge in [-0.15, -0.1) is 12.4 Å². The van der Waals surface area contributed by atoms with Gasteiger partial charge in [0.1, 0.15) is 5.82 Å². The van der Waals surface area contributed by atoms with Crippen LogP contribution in [-0.4, -0.2) is 18.4 Å². The first-order valence-electron chi connectivity index (χ1n) is 5.57. The third-order valence-electron chi connectivity index (χ3n) is 2.36. The van der Waals surface area contributed by atoms with E-state index in [0.717, 1.165) is 25.3 Å². The van der Waals surface area contributed by atoms with Gasteiger partial charge in [0, 0.05) is 17.9 Å². The van der Waals surface area contributed by atoms with Gasteiger partial charge >= 0.3 is 0 Å². The predicted molar refractivity (Wildman–Crippen MR) is 74.8 cm³/mol. The van der Waals surface area contributed by atoms with Crippen LogP contribution in [0.25, 0.3) is 0 Å². The highest BCUT2D eigenvalue weighted by Gasteiger charge is 2.04. The van der Waals surface area contributed by atoms with Crippen molar-refractivity contribution in [3.8, 4) is 5.75 Å². The van der Waals surface area contributed by atoms with Crippen molar-refractivity contribution in [1.82, 2.24) is 0 Å². The normalized spacial score (nSPS) is 11.8. The Hall–Kier alpha value is -0.520. The number of hydrogen-bond acceptors (Lipinski definition) is 3. The monoisotopic (exact) mass is 297 g/mol. The van der Waals surface area contributed by atoms with Gasteiger partial charge in [-0.1, -0.05) is 0 Å². The lowest BCUT2D eigenvalue weighted by Crippen LogP contribution is -2.21. The van der Waals surface area contributed by atoms with Gasteiger partial charge in [0.05, 0.1) is 6.61 Å². The molecule has 0 bridgehead atoms. The smallest absolute Gasteiger partial charge is 0.167 e. The van der Waals surface area contributed by atoms with Crippen LogP contribution in [-0.2, 0) is 0 Å². The molecule has 0 spiro atoms. The molecule has 1 atom stereocenters. The SMILES string of the molecule is Cl.NC(CS)CCCCOc1ccc(F)cc1F. The molecule has 1 aromatic rings. The quantitative estimate of drug-likeness (QED) is 0.599. The number of hydrogen-bond donors (Lipinski definition) is 2. The van der Waals surface area contributed by atoms with E-state index in [0.29, 0.717) is 12.4 Å². The molecular formula is C12H18ClF2NOS. The van der Waals surface area contributed by atoms with Crippen LogP contribution in [0.5, 0.6) is 5.75 Å². The summed E-state index contributed by atoms with van der Waals surface area (Å²) >= 11 is 4.08. The molecule has 1 unspecified atom stereocenters.